The summed E-state index contributed by atoms with van der Waals surface area (Å²) >= 11 is 1.59. The molecule has 2 aliphatic heterocycles. The van der Waals surface area contributed by atoms with E-state index in [2.05, 4.69) is 24.4 Å². The van der Waals surface area contributed by atoms with Crippen LogP contribution in [0, 0.1) is 0 Å². The Labute approximate surface area is 190 Å². The second kappa shape index (κ2) is 8.59. The number of carbonyl (C=O) groups is 2. The Morgan fingerprint density at radius 3 is 2.69 bits per heavy atom. The zero-order chi connectivity index (χ0) is 22.1. The summed E-state index contributed by atoms with van der Waals surface area (Å²) in [6.07, 6.45) is 0.956. The SMILES string of the molecule is CCc1ccc(N2C(=O)CSC2c2cccc(NC(=O)c3ccc4c(c3)OCO4)c2)cc1. The number of amides is 2. The number of ether oxygens (including phenoxy) is 2. The number of aryl methyl sites for hydroxylation is 1. The van der Waals surface area contributed by atoms with Crippen LogP contribution in [0.1, 0.15) is 33.8 Å². The van der Waals surface area contributed by atoms with E-state index in [-0.39, 0.29) is 24.0 Å². The van der Waals surface area contributed by atoms with E-state index in [9.17, 15) is 9.59 Å². The van der Waals surface area contributed by atoms with Crippen LogP contribution in [0.25, 0.3) is 0 Å². The van der Waals surface area contributed by atoms with Crippen molar-refractivity contribution in [3.8, 4) is 11.5 Å². The topological polar surface area (TPSA) is 67.9 Å². The average Bonchev–Trinajstić information content (AvgIpc) is 3.45. The van der Waals surface area contributed by atoms with E-state index in [1.807, 2.05) is 41.3 Å². The minimum absolute atomic E-state index is 0.0825. The largest absolute Gasteiger partial charge is 0.454 e. The molecule has 0 spiro atoms. The van der Waals surface area contributed by atoms with Crippen molar-refractivity contribution in [2.24, 2.45) is 0 Å². The molecule has 2 heterocycles. The van der Waals surface area contributed by atoms with Crippen molar-refractivity contribution >= 4 is 35.0 Å². The van der Waals surface area contributed by atoms with Crippen LogP contribution in [0.5, 0.6) is 11.5 Å². The number of anilines is 2. The number of hydrogen-bond acceptors (Lipinski definition) is 5. The number of hydrogen-bond donors (Lipinski definition) is 1. The van der Waals surface area contributed by atoms with Crippen LogP contribution < -0.4 is 19.7 Å². The molecule has 0 aliphatic carbocycles. The molecule has 3 aromatic rings. The third-order valence-corrected chi connectivity index (χ3v) is 6.77. The van der Waals surface area contributed by atoms with E-state index in [1.54, 1.807) is 30.0 Å². The lowest BCUT2D eigenvalue weighted by Gasteiger charge is -2.25. The van der Waals surface area contributed by atoms with Gasteiger partial charge in [-0.25, -0.2) is 0 Å². The Hall–Kier alpha value is -3.45. The van der Waals surface area contributed by atoms with Gasteiger partial charge < -0.3 is 14.8 Å². The van der Waals surface area contributed by atoms with Gasteiger partial charge in [0.2, 0.25) is 12.7 Å². The van der Waals surface area contributed by atoms with Crippen molar-refractivity contribution in [3.05, 3.63) is 83.4 Å². The molecule has 5 rings (SSSR count). The Morgan fingerprint density at radius 2 is 1.88 bits per heavy atom. The Kier molecular flexibility index (Phi) is 5.49. The Bertz CT molecular complexity index is 1180. The summed E-state index contributed by atoms with van der Waals surface area (Å²) in [7, 11) is 0. The smallest absolute Gasteiger partial charge is 0.255 e. The third kappa shape index (κ3) is 3.91. The molecule has 0 radical (unpaired) electrons. The molecule has 1 fully saturated rings. The first-order valence-electron chi connectivity index (χ1n) is 10.5. The van der Waals surface area contributed by atoms with Crippen molar-refractivity contribution in [1.29, 1.82) is 0 Å². The van der Waals surface area contributed by atoms with E-state index in [4.69, 9.17) is 9.47 Å². The zero-order valence-electron chi connectivity index (χ0n) is 17.5. The van der Waals surface area contributed by atoms with Gasteiger partial charge in [-0.1, -0.05) is 31.2 Å². The molecule has 1 N–H and O–H groups in total. The standard InChI is InChI=1S/C25H22N2O4S/c1-2-16-6-9-20(10-7-16)27-23(28)14-32-25(27)18-4-3-5-19(12-18)26-24(29)17-8-11-21-22(13-17)31-15-30-21/h3-13,25H,2,14-15H2,1H3,(H,26,29). The summed E-state index contributed by atoms with van der Waals surface area (Å²) in [6, 6.07) is 20.9. The minimum Gasteiger partial charge on any atom is -0.454 e. The molecule has 2 aliphatic rings. The van der Waals surface area contributed by atoms with Crippen LogP contribution >= 0.6 is 11.8 Å². The fourth-order valence-corrected chi connectivity index (χ4v) is 5.02. The number of benzene rings is 3. The molecule has 7 heteroatoms. The van der Waals surface area contributed by atoms with Gasteiger partial charge in [-0.2, -0.15) is 0 Å². The maximum atomic E-state index is 12.8. The van der Waals surface area contributed by atoms with Crippen molar-refractivity contribution in [2.45, 2.75) is 18.7 Å². The number of carbonyl (C=O) groups excluding carboxylic acids is 2. The number of rotatable bonds is 5. The summed E-state index contributed by atoms with van der Waals surface area (Å²) in [6.45, 7) is 2.27. The van der Waals surface area contributed by atoms with Crippen molar-refractivity contribution in [3.63, 3.8) is 0 Å². The summed E-state index contributed by atoms with van der Waals surface area (Å²) in [4.78, 5) is 27.3. The molecule has 3 aromatic carbocycles. The highest BCUT2D eigenvalue weighted by molar-refractivity contribution is 8.00. The molecule has 0 saturated carbocycles. The Morgan fingerprint density at radius 1 is 1.06 bits per heavy atom. The normalized spacial score (nSPS) is 17.0. The second-order valence-electron chi connectivity index (χ2n) is 7.59. The first-order chi connectivity index (χ1) is 15.6. The van der Waals surface area contributed by atoms with Crippen LogP contribution in [0.15, 0.2) is 66.7 Å². The highest BCUT2D eigenvalue weighted by atomic mass is 32.2. The molecule has 6 nitrogen and oxygen atoms in total. The van der Waals surface area contributed by atoms with Gasteiger partial charge in [0.05, 0.1) is 5.75 Å². The monoisotopic (exact) mass is 446 g/mol. The summed E-state index contributed by atoms with van der Waals surface area (Å²) < 4.78 is 10.7. The van der Waals surface area contributed by atoms with Gasteiger partial charge in [0, 0.05) is 16.9 Å². The Balaban J connectivity index is 1.36. The van der Waals surface area contributed by atoms with Crippen LogP contribution in [0.2, 0.25) is 0 Å². The van der Waals surface area contributed by atoms with E-state index >= 15 is 0 Å². The molecule has 0 aromatic heterocycles. The van der Waals surface area contributed by atoms with Crippen LogP contribution in [-0.2, 0) is 11.2 Å². The predicted molar refractivity (Wildman–Crippen MR) is 125 cm³/mol. The van der Waals surface area contributed by atoms with Crippen LogP contribution in [-0.4, -0.2) is 24.4 Å². The molecular formula is C25H22N2O4S. The van der Waals surface area contributed by atoms with Gasteiger partial charge in [-0.15, -0.1) is 11.8 Å². The first kappa shape index (κ1) is 20.5. The number of nitrogens with zero attached hydrogens (tertiary/aromatic N) is 1. The third-order valence-electron chi connectivity index (χ3n) is 5.56. The predicted octanol–water partition coefficient (Wildman–Crippen LogP) is 5.01. The van der Waals surface area contributed by atoms with Gasteiger partial charge in [-0.3, -0.25) is 14.5 Å². The van der Waals surface area contributed by atoms with E-state index in [0.29, 0.717) is 28.5 Å². The first-order valence-corrected chi connectivity index (χ1v) is 11.5. The molecule has 2 amide bonds. The lowest BCUT2D eigenvalue weighted by atomic mass is 10.1. The second-order valence-corrected chi connectivity index (χ2v) is 8.66. The number of nitrogens with one attached hydrogen (secondary N) is 1. The van der Waals surface area contributed by atoms with Gasteiger partial charge >= 0.3 is 0 Å². The summed E-state index contributed by atoms with van der Waals surface area (Å²) in [5.41, 5.74) is 4.24. The summed E-state index contributed by atoms with van der Waals surface area (Å²) in [5, 5.41) is 2.80. The molecule has 1 atom stereocenters. The molecule has 32 heavy (non-hydrogen) atoms. The van der Waals surface area contributed by atoms with Gasteiger partial charge in [-0.05, 0) is 60.0 Å². The number of fused-ring (bicyclic) bond motifs is 1. The fourth-order valence-electron chi connectivity index (χ4n) is 3.85. The van der Waals surface area contributed by atoms with Crippen molar-refractivity contribution in [1.82, 2.24) is 0 Å². The highest BCUT2D eigenvalue weighted by Crippen LogP contribution is 2.42. The molecule has 0 bridgehead atoms. The van der Waals surface area contributed by atoms with E-state index in [1.165, 1.54) is 5.56 Å². The molecular weight excluding hydrogens is 424 g/mol. The number of thioether (sulfide) groups is 1. The van der Waals surface area contributed by atoms with Gasteiger partial charge in [0.15, 0.2) is 11.5 Å². The lowest BCUT2D eigenvalue weighted by molar-refractivity contribution is -0.115. The van der Waals surface area contributed by atoms with Crippen LogP contribution in [0.4, 0.5) is 11.4 Å². The lowest BCUT2D eigenvalue weighted by Crippen LogP contribution is -2.27. The van der Waals surface area contributed by atoms with E-state index < -0.39 is 0 Å². The van der Waals surface area contributed by atoms with E-state index in [0.717, 1.165) is 17.7 Å². The highest BCUT2D eigenvalue weighted by Gasteiger charge is 2.34. The molecule has 162 valence electrons. The fraction of sp³-hybridized carbons (Fsp3) is 0.200. The van der Waals surface area contributed by atoms with Gasteiger partial charge in [0.25, 0.3) is 5.91 Å². The zero-order valence-corrected chi connectivity index (χ0v) is 18.4. The van der Waals surface area contributed by atoms with Gasteiger partial charge in [0.1, 0.15) is 5.37 Å². The maximum Gasteiger partial charge on any atom is 0.255 e. The summed E-state index contributed by atoms with van der Waals surface area (Å²) in [5.74, 6) is 1.48. The van der Waals surface area contributed by atoms with Crippen molar-refractivity contribution < 1.29 is 19.1 Å². The molecule has 1 unspecified atom stereocenters. The van der Waals surface area contributed by atoms with Crippen molar-refractivity contribution in [2.75, 3.05) is 22.8 Å². The maximum absolute atomic E-state index is 12.8. The quantitative estimate of drug-likeness (QED) is 0.597. The minimum atomic E-state index is -0.234. The average molecular weight is 447 g/mol. The molecule has 1 saturated heterocycles. The van der Waals surface area contributed by atoms with Crippen LogP contribution in [0.3, 0.4) is 0 Å².